The summed E-state index contributed by atoms with van der Waals surface area (Å²) < 4.78 is 22.4. The van der Waals surface area contributed by atoms with Crippen LogP contribution in [0, 0.1) is 11.7 Å². The third kappa shape index (κ3) is 5.71. The molecule has 0 spiro atoms. The van der Waals surface area contributed by atoms with Gasteiger partial charge in [0.1, 0.15) is 11.6 Å². The first-order valence-electron chi connectivity index (χ1n) is 9.24. The number of carbonyl (C=O) groups is 1. The van der Waals surface area contributed by atoms with Crippen molar-refractivity contribution in [1.82, 2.24) is 14.7 Å². The lowest BCUT2D eigenvalue weighted by Crippen LogP contribution is -2.40. The average molecular weight is 393 g/mol. The van der Waals surface area contributed by atoms with Crippen molar-refractivity contribution in [3.05, 3.63) is 41.5 Å². The summed E-state index contributed by atoms with van der Waals surface area (Å²) in [7, 11) is 1.66. The number of hydrogen-bond acceptors (Lipinski definition) is 6. The van der Waals surface area contributed by atoms with Crippen molar-refractivity contribution in [3.63, 3.8) is 0 Å². The number of rotatable bonds is 8. The molecule has 1 saturated heterocycles. The minimum absolute atomic E-state index is 0.0652. The van der Waals surface area contributed by atoms with Crippen LogP contribution in [0.3, 0.4) is 0 Å². The van der Waals surface area contributed by atoms with Crippen LogP contribution in [0.2, 0.25) is 0 Å². The highest BCUT2D eigenvalue weighted by molar-refractivity contribution is 7.09. The Morgan fingerprint density at radius 3 is 2.78 bits per heavy atom. The third-order valence-corrected chi connectivity index (χ3v) is 5.51. The van der Waals surface area contributed by atoms with Crippen molar-refractivity contribution >= 4 is 22.6 Å². The highest BCUT2D eigenvalue weighted by Crippen LogP contribution is 2.25. The van der Waals surface area contributed by atoms with Gasteiger partial charge in [-0.3, -0.25) is 4.79 Å². The Hall–Kier alpha value is -2.06. The molecule has 1 aromatic carbocycles. The fourth-order valence-corrected chi connectivity index (χ4v) is 3.87. The van der Waals surface area contributed by atoms with E-state index in [1.54, 1.807) is 19.2 Å². The Morgan fingerprint density at radius 1 is 1.33 bits per heavy atom. The fraction of sp³-hybridized carbons (Fsp3) is 0.526. The van der Waals surface area contributed by atoms with E-state index in [1.807, 2.05) is 0 Å². The zero-order valence-corrected chi connectivity index (χ0v) is 16.3. The van der Waals surface area contributed by atoms with Crippen LogP contribution in [0.1, 0.15) is 30.7 Å². The molecule has 0 atom stereocenters. The molecule has 1 amide bonds. The number of nitrogens with one attached hydrogen (secondary N) is 1. The normalized spacial score (nSPS) is 15.1. The van der Waals surface area contributed by atoms with E-state index in [1.165, 1.54) is 23.7 Å². The van der Waals surface area contributed by atoms with Gasteiger partial charge in [-0.25, -0.2) is 9.37 Å². The molecule has 0 radical (unpaired) electrons. The van der Waals surface area contributed by atoms with Crippen LogP contribution >= 0.6 is 11.5 Å². The van der Waals surface area contributed by atoms with Crippen LogP contribution in [-0.4, -0.2) is 48.6 Å². The van der Waals surface area contributed by atoms with E-state index < -0.39 is 0 Å². The van der Waals surface area contributed by atoms with Gasteiger partial charge in [-0.2, -0.15) is 4.37 Å². The van der Waals surface area contributed by atoms with Gasteiger partial charge in [-0.1, -0.05) is 12.1 Å². The van der Waals surface area contributed by atoms with Gasteiger partial charge in [-0.05, 0) is 37.0 Å². The van der Waals surface area contributed by atoms with Gasteiger partial charge in [0.25, 0.3) is 0 Å². The zero-order valence-electron chi connectivity index (χ0n) is 15.5. The van der Waals surface area contributed by atoms with Crippen molar-refractivity contribution in [2.75, 3.05) is 38.3 Å². The number of piperidine rings is 1. The van der Waals surface area contributed by atoms with E-state index in [4.69, 9.17) is 4.74 Å². The first-order valence-corrected chi connectivity index (χ1v) is 10.0. The van der Waals surface area contributed by atoms with E-state index in [0.29, 0.717) is 19.6 Å². The Bertz CT molecular complexity index is 730. The van der Waals surface area contributed by atoms with Gasteiger partial charge >= 0.3 is 0 Å². The summed E-state index contributed by atoms with van der Waals surface area (Å²) in [6.45, 7) is 2.94. The van der Waals surface area contributed by atoms with Crippen molar-refractivity contribution in [2.24, 2.45) is 5.92 Å². The van der Waals surface area contributed by atoms with E-state index in [2.05, 4.69) is 19.6 Å². The molecule has 2 aromatic rings. The van der Waals surface area contributed by atoms with Crippen molar-refractivity contribution < 1.29 is 13.9 Å². The van der Waals surface area contributed by atoms with Crippen molar-refractivity contribution in [2.45, 2.75) is 25.7 Å². The summed E-state index contributed by atoms with van der Waals surface area (Å²) in [4.78, 5) is 19.0. The lowest BCUT2D eigenvalue weighted by atomic mass is 9.96. The van der Waals surface area contributed by atoms with Crippen LogP contribution in [0.15, 0.2) is 24.3 Å². The number of halogens is 1. The molecule has 6 nitrogen and oxygen atoms in total. The van der Waals surface area contributed by atoms with Gasteiger partial charge in [0.15, 0.2) is 0 Å². The average Bonchev–Trinajstić information content (AvgIpc) is 3.15. The summed E-state index contributed by atoms with van der Waals surface area (Å²) in [6.07, 6.45) is 3.08. The molecular weight excluding hydrogens is 367 g/mol. The molecule has 1 aliphatic heterocycles. The molecule has 1 aliphatic rings. The second-order valence-electron chi connectivity index (χ2n) is 6.70. The van der Waals surface area contributed by atoms with Crippen molar-refractivity contribution in [1.29, 1.82) is 0 Å². The largest absolute Gasteiger partial charge is 0.385 e. The predicted molar refractivity (Wildman–Crippen MR) is 104 cm³/mol. The molecule has 0 unspecified atom stereocenters. The number of hydrogen-bond donors (Lipinski definition) is 1. The van der Waals surface area contributed by atoms with Gasteiger partial charge < -0.3 is 15.0 Å². The highest BCUT2D eigenvalue weighted by Gasteiger charge is 2.26. The Balaban J connectivity index is 1.46. The predicted octanol–water partition coefficient (Wildman–Crippen LogP) is 2.64. The lowest BCUT2D eigenvalue weighted by molar-refractivity contribution is -0.125. The molecule has 3 rings (SSSR count). The molecule has 146 valence electrons. The molecule has 1 N–H and O–H groups in total. The van der Waals surface area contributed by atoms with Gasteiger partial charge in [0.2, 0.25) is 11.0 Å². The number of ether oxygens (including phenoxy) is 1. The molecular formula is C19H25FN4O2S. The summed E-state index contributed by atoms with van der Waals surface area (Å²) in [5, 5.41) is 3.88. The topological polar surface area (TPSA) is 67.3 Å². The SMILES string of the molecule is COCCCNC(=O)C1CCN(c2nc(Cc3ccc(F)cc3)ns2)CC1. The minimum Gasteiger partial charge on any atom is -0.385 e. The first kappa shape index (κ1) is 19.7. The molecule has 0 aliphatic carbocycles. The van der Waals surface area contributed by atoms with Crippen LogP contribution in [-0.2, 0) is 16.0 Å². The Labute approximate surface area is 162 Å². The maximum absolute atomic E-state index is 13.0. The molecule has 0 saturated carbocycles. The summed E-state index contributed by atoms with van der Waals surface area (Å²) >= 11 is 1.38. The maximum atomic E-state index is 13.0. The van der Waals surface area contributed by atoms with Gasteiger partial charge in [-0.15, -0.1) is 0 Å². The van der Waals surface area contributed by atoms with Crippen LogP contribution < -0.4 is 10.2 Å². The second-order valence-corrected chi connectivity index (χ2v) is 7.43. The smallest absolute Gasteiger partial charge is 0.223 e. The quantitative estimate of drug-likeness (QED) is 0.700. The zero-order chi connectivity index (χ0) is 19.1. The number of amides is 1. The molecule has 2 heterocycles. The van der Waals surface area contributed by atoms with E-state index in [9.17, 15) is 9.18 Å². The highest BCUT2D eigenvalue weighted by atomic mass is 32.1. The monoisotopic (exact) mass is 392 g/mol. The molecule has 27 heavy (non-hydrogen) atoms. The number of aromatic nitrogens is 2. The number of carbonyl (C=O) groups excluding carboxylic acids is 1. The molecule has 1 fully saturated rings. The second kappa shape index (κ2) is 9.75. The summed E-state index contributed by atoms with van der Waals surface area (Å²) in [6, 6.07) is 6.42. The Kier molecular flexibility index (Phi) is 7.11. The summed E-state index contributed by atoms with van der Waals surface area (Å²) in [5.74, 6) is 0.714. The number of benzene rings is 1. The van der Waals surface area contributed by atoms with Crippen LogP contribution in [0.4, 0.5) is 9.52 Å². The van der Waals surface area contributed by atoms with Gasteiger partial charge in [0.05, 0.1) is 0 Å². The fourth-order valence-electron chi connectivity index (χ4n) is 3.14. The van der Waals surface area contributed by atoms with E-state index in [0.717, 1.165) is 48.9 Å². The standard InChI is InChI=1S/C19H25FN4O2S/c1-26-12-2-9-21-18(25)15-7-10-24(11-8-15)19-22-17(23-27-19)13-14-3-5-16(20)6-4-14/h3-6,15H,2,7-13H2,1H3,(H,21,25). The van der Waals surface area contributed by atoms with Crippen LogP contribution in [0.5, 0.6) is 0 Å². The lowest BCUT2D eigenvalue weighted by Gasteiger charge is -2.30. The first-order chi connectivity index (χ1) is 13.2. The van der Waals surface area contributed by atoms with E-state index in [-0.39, 0.29) is 17.6 Å². The maximum Gasteiger partial charge on any atom is 0.223 e. The molecule has 1 aromatic heterocycles. The molecule has 0 bridgehead atoms. The Morgan fingerprint density at radius 2 is 2.07 bits per heavy atom. The third-order valence-electron chi connectivity index (χ3n) is 4.69. The van der Waals surface area contributed by atoms with Gasteiger partial charge in [0, 0.05) is 57.2 Å². The van der Waals surface area contributed by atoms with Crippen LogP contribution in [0.25, 0.3) is 0 Å². The minimum atomic E-state index is -0.240. The number of methoxy groups -OCH3 is 1. The summed E-state index contributed by atoms with van der Waals surface area (Å²) in [5.41, 5.74) is 0.990. The number of anilines is 1. The van der Waals surface area contributed by atoms with Crippen molar-refractivity contribution in [3.8, 4) is 0 Å². The molecule has 8 heteroatoms. The van der Waals surface area contributed by atoms with E-state index >= 15 is 0 Å². The number of nitrogens with zero attached hydrogens (tertiary/aromatic N) is 3.